The van der Waals surface area contributed by atoms with Crippen LogP contribution in [-0.2, 0) is 16.3 Å². The van der Waals surface area contributed by atoms with Gasteiger partial charge in [0.2, 0.25) is 0 Å². The molecule has 2 aromatic rings. The molecule has 1 saturated heterocycles. The standard InChI is InChI=1S/C13H15N3O4S/c17-13(18)10-3-4-11-14-15-12(16(11)7-10)6-9-2-1-5-21(19,20)8-9/h3-4,7,9H,1-2,5-6,8H2,(H,17,18). The first-order valence-electron chi connectivity index (χ1n) is 6.72. The highest BCUT2D eigenvalue weighted by molar-refractivity contribution is 7.91. The second kappa shape index (κ2) is 5.10. The average molecular weight is 309 g/mol. The van der Waals surface area contributed by atoms with Gasteiger partial charge in [0.25, 0.3) is 0 Å². The maximum Gasteiger partial charge on any atom is 0.337 e. The highest BCUT2D eigenvalue weighted by atomic mass is 32.2. The molecule has 0 spiro atoms. The Kier molecular flexibility index (Phi) is 3.40. The third-order valence-corrected chi connectivity index (χ3v) is 5.64. The van der Waals surface area contributed by atoms with Crippen LogP contribution in [0, 0.1) is 5.92 Å². The molecule has 0 radical (unpaired) electrons. The van der Waals surface area contributed by atoms with E-state index in [9.17, 15) is 13.2 Å². The van der Waals surface area contributed by atoms with Crippen molar-refractivity contribution in [1.29, 1.82) is 0 Å². The molecule has 3 heterocycles. The second-order valence-electron chi connectivity index (χ2n) is 5.39. The molecule has 0 amide bonds. The van der Waals surface area contributed by atoms with Crippen LogP contribution < -0.4 is 0 Å². The van der Waals surface area contributed by atoms with Crippen LogP contribution in [0.15, 0.2) is 18.3 Å². The minimum Gasteiger partial charge on any atom is -0.478 e. The highest BCUT2D eigenvalue weighted by Gasteiger charge is 2.26. The molecule has 21 heavy (non-hydrogen) atoms. The van der Waals surface area contributed by atoms with Crippen molar-refractivity contribution in [2.45, 2.75) is 19.3 Å². The van der Waals surface area contributed by atoms with Crippen LogP contribution in [0.5, 0.6) is 0 Å². The van der Waals surface area contributed by atoms with E-state index in [1.807, 2.05) is 0 Å². The molecule has 3 rings (SSSR count). The molecule has 0 aliphatic carbocycles. The molecule has 8 heteroatoms. The van der Waals surface area contributed by atoms with Crippen molar-refractivity contribution in [3.63, 3.8) is 0 Å². The Morgan fingerprint density at radius 2 is 2.19 bits per heavy atom. The molecule has 1 unspecified atom stereocenters. The minimum atomic E-state index is -2.96. The summed E-state index contributed by atoms with van der Waals surface area (Å²) >= 11 is 0. The Morgan fingerprint density at radius 1 is 1.38 bits per heavy atom. The van der Waals surface area contributed by atoms with E-state index < -0.39 is 15.8 Å². The van der Waals surface area contributed by atoms with Crippen molar-refractivity contribution in [3.8, 4) is 0 Å². The number of aromatic nitrogens is 3. The first-order valence-corrected chi connectivity index (χ1v) is 8.54. The smallest absolute Gasteiger partial charge is 0.337 e. The Labute approximate surface area is 121 Å². The van der Waals surface area contributed by atoms with Crippen LogP contribution in [-0.4, -0.2) is 45.6 Å². The van der Waals surface area contributed by atoms with Crippen molar-refractivity contribution in [1.82, 2.24) is 14.6 Å². The number of sulfone groups is 1. The normalized spacial score (nSPS) is 21.4. The summed E-state index contributed by atoms with van der Waals surface area (Å²) in [5, 5.41) is 17.1. The number of rotatable bonds is 3. The van der Waals surface area contributed by atoms with Crippen LogP contribution in [0.1, 0.15) is 29.0 Å². The molecule has 1 aliphatic heterocycles. The number of carbonyl (C=O) groups is 1. The van der Waals surface area contributed by atoms with E-state index in [1.54, 1.807) is 10.5 Å². The lowest BCUT2D eigenvalue weighted by atomic mass is 10.0. The second-order valence-corrected chi connectivity index (χ2v) is 7.62. The molecule has 1 aliphatic rings. The largest absolute Gasteiger partial charge is 0.478 e. The summed E-state index contributed by atoms with van der Waals surface area (Å²) in [6.45, 7) is 0. The quantitative estimate of drug-likeness (QED) is 0.899. The maximum atomic E-state index is 11.7. The van der Waals surface area contributed by atoms with E-state index in [2.05, 4.69) is 10.2 Å². The predicted molar refractivity (Wildman–Crippen MR) is 75.0 cm³/mol. The van der Waals surface area contributed by atoms with Crippen molar-refractivity contribution in [2.24, 2.45) is 5.92 Å². The summed E-state index contributed by atoms with van der Waals surface area (Å²) in [6.07, 6.45) is 3.48. The SMILES string of the molecule is O=C(O)c1ccc2nnc(CC3CCCS(=O)(=O)C3)n2c1. The first kappa shape index (κ1) is 14.0. The Balaban J connectivity index is 1.90. The van der Waals surface area contributed by atoms with Crippen LogP contribution in [0.2, 0.25) is 0 Å². The van der Waals surface area contributed by atoms with Gasteiger partial charge in [0.15, 0.2) is 15.5 Å². The van der Waals surface area contributed by atoms with Gasteiger partial charge in [-0.15, -0.1) is 10.2 Å². The summed E-state index contributed by atoms with van der Waals surface area (Å²) in [5.74, 6) is 0.0324. The van der Waals surface area contributed by atoms with Crippen LogP contribution in [0.25, 0.3) is 5.65 Å². The third kappa shape index (κ3) is 2.90. The molecular formula is C13H15N3O4S. The number of pyridine rings is 1. The van der Waals surface area contributed by atoms with Gasteiger partial charge in [-0.05, 0) is 30.9 Å². The maximum absolute atomic E-state index is 11.7. The number of hydrogen-bond donors (Lipinski definition) is 1. The zero-order valence-electron chi connectivity index (χ0n) is 11.3. The third-order valence-electron chi connectivity index (χ3n) is 3.75. The number of carboxylic acids is 1. The molecular weight excluding hydrogens is 294 g/mol. The van der Waals surface area contributed by atoms with Gasteiger partial charge in [-0.2, -0.15) is 0 Å². The van der Waals surface area contributed by atoms with Crippen LogP contribution in [0.3, 0.4) is 0 Å². The molecule has 0 aromatic carbocycles. The Hall–Kier alpha value is -1.96. The molecule has 1 N–H and O–H groups in total. The first-order chi connectivity index (χ1) is 9.94. The summed E-state index contributed by atoms with van der Waals surface area (Å²) < 4.78 is 25.0. The molecule has 2 aromatic heterocycles. The summed E-state index contributed by atoms with van der Waals surface area (Å²) in [5.41, 5.74) is 0.716. The average Bonchev–Trinajstić information content (AvgIpc) is 2.80. The van der Waals surface area contributed by atoms with Gasteiger partial charge < -0.3 is 5.11 Å². The fourth-order valence-electron chi connectivity index (χ4n) is 2.74. The van der Waals surface area contributed by atoms with Crippen molar-refractivity contribution < 1.29 is 18.3 Å². The number of nitrogens with zero attached hydrogens (tertiary/aromatic N) is 3. The topological polar surface area (TPSA) is 102 Å². The van der Waals surface area contributed by atoms with Gasteiger partial charge >= 0.3 is 5.97 Å². The molecule has 0 saturated carbocycles. The zero-order valence-corrected chi connectivity index (χ0v) is 12.1. The fourth-order valence-corrected chi connectivity index (χ4v) is 4.52. The molecule has 112 valence electrons. The summed E-state index contributed by atoms with van der Waals surface area (Å²) in [7, 11) is -2.96. The van der Waals surface area contributed by atoms with Gasteiger partial charge in [-0.1, -0.05) is 0 Å². The number of fused-ring (bicyclic) bond motifs is 1. The van der Waals surface area contributed by atoms with E-state index >= 15 is 0 Å². The minimum absolute atomic E-state index is 0.0182. The van der Waals surface area contributed by atoms with Crippen molar-refractivity contribution >= 4 is 21.5 Å². The lowest BCUT2D eigenvalue weighted by molar-refractivity contribution is 0.0696. The number of hydrogen-bond acceptors (Lipinski definition) is 5. The van der Waals surface area contributed by atoms with Gasteiger partial charge in [-0.25, -0.2) is 13.2 Å². The molecule has 1 atom stereocenters. The van der Waals surface area contributed by atoms with Gasteiger partial charge in [-0.3, -0.25) is 4.40 Å². The van der Waals surface area contributed by atoms with Gasteiger partial charge in [0, 0.05) is 12.6 Å². The van der Waals surface area contributed by atoms with Crippen LogP contribution in [0.4, 0.5) is 0 Å². The zero-order chi connectivity index (χ0) is 15.0. The summed E-state index contributed by atoms with van der Waals surface area (Å²) in [4.78, 5) is 11.0. The van der Waals surface area contributed by atoms with E-state index in [-0.39, 0.29) is 23.0 Å². The van der Waals surface area contributed by atoms with Gasteiger partial charge in [0.05, 0.1) is 17.1 Å². The fraction of sp³-hybridized carbons (Fsp3) is 0.462. The Morgan fingerprint density at radius 3 is 2.90 bits per heavy atom. The molecule has 0 bridgehead atoms. The van der Waals surface area contributed by atoms with Crippen LogP contribution >= 0.6 is 0 Å². The van der Waals surface area contributed by atoms with Crippen molar-refractivity contribution in [3.05, 3.63) is 29.7 Å². The highest BCUT2D eigenvalue weighted by Crippen LogP contribution is 2.22. The van der Waals surface area contributed by atoms with Gasteiger partial charge in [0.1, 0.15) is 5.82 Å². The lowest BCUT2D eigenvalue weighted by Crippen LogP contribution is -2.27. The number of carboxylic acid groups (broad SMARTS) is 1. The van der Waals surface area contributed by atoms with E-state index in [0.29, 0.717) is 24.3 Å². The van der Waals surface area contributed by atoms with E-state index in [4.69, 9.17) is 5.11 Å². The molecule has 1 fully saturated rings. The lowest BCUT2D eigenvalue weighted by Gasteiger charge is -2.20. The van der Waals surface area contributed by atoms with E-state index in [0.717, 1.165) is 6.42 Å². The van der Waals surface area contributed by atoms with E-state index in [1.165, 1.54) is 12.3 Å². The monoisotopic (exact) mass is 309 g/mol. The summed E-state index contributed by atoms with van der Waals surface area (Å²) in [6, 6.07) is 3.07. The van der Waals surface area contributed by atoms with Crippen molar-refractivity contribution in [2.75, 3.05) is 11.5 Å². The Bertz CT molecular complexity index is 797. The number of aromatic carboxylic acids is 1. The predicted octanol–water partition coefficient (Wildman–Crippen LogP) is 0.795. The molecule has 7 nitrogen and oxygen atoms in total.